The van der Waals surface area contributed by atoms with Crippen LogP contribution in [0, 0.1) is 11.8 Å². The summed E-state index contributed by atoms with van der Waals surface area (Å²) in [6, 6.07) is -0.512. The van der Waals surface area contributed by atoms with E-state index in [-0.39, 0.29) is 17.7 Å². The van der Waals surface area contributed by atoms with Gasteiger partial charge in [0.15, 0.2) is 0 Å². The standard InChI is InChI=1S/C12H25N3O2/c1-5-10(6-13)12(17)15-9(4)11(16)14-7-8(2)3/h8-10H,5-7,13H2,1-4H3,(H,14,16)(H,15,17). The predicted octanol–water partition coefficient (Wildman–Crippen LogP) is 0.248. The van der Waals surface area contributed by atoms with Crippen LogP contribution >= 0.6 is 0 Å². The molecule has 0 heterocycles. The summed E-state index contributed by atoms with van der Waals surface area (Å²) in [6.07, 6.45) is 0.683. The molecule has 0 aromatic heterocycles. The Morgan fingerprint density at radius 3 is 2.18 bits per heavy atom. The molecule has 0 fully saturated rings. The molecule has 0 aromatic carbocycles. The zero-order valence-electron chi connectivity index (χ0n) is 11.2. The number of nitrogens with two attached hydrogens (primary N) is 1. The van der Waals surface area contributed by atoms with Crippen LogP contribution in [0.1, 0.15) is 34.1 Å². The lowest BCUT2D eigenvalue weighted by Crippen LogP contribution is -2.48. The molecule has 0 bridgehead atoms. The smallest absolute Gasteiger partial charge is 0.242 e. The van der Waals surface area contributed by atoms with Crippen molar-refractivity contribution in [3.8, 4) is 0 Å². The van der Waals surface area contributed by atoms with Crippen molar-refractivity contribution in [1.82, 2.24) is 10.6 Å². The van der Waals surface area contributed by atoms with Crippen molar-refractivity contribution in [3.05, 3.63) is 0 Å². The Labute approximate surface area is 104 Å². The van der Waals surface area contributed by atoms with Gasteiger partial charge >= 0.3 is 0 Å². The second-order valence-corrected chi connectivity index (χ2v) is 4.71. The summed E-state index contributed by atoms with van der Waals surface area (Å²) in [7, 11) is 0. The lowest BCUT2D eigenvalue weighted by Gasteiger charge is -2.18. The summed E-state index contributed by atoms with van der Waals surface area (Å²) >= 11 is 0. The average Bonchev–Trinajstić information content (AvgIpc) is 2.27. The molecule has 0 aliphatic carbocycles. The third-order valence-electron chi connectivity index (χ3n) is 2.58. The van der Waals surface area contributed by atoms with Gasteiger partial charge in [-0.25, -0.2) is 0 Å². The van der Waals surface area contributed by atoms with Crippen LogP contribution in [-0.4, -0.2) is 30.9 Å². The second kappa shape index (κ2) is 8.06. The van der Waals surface area contributed by atoms with Gasteiger partial charge in [0.2, 0.25) is 11.8 Å². The molecule has 5 heteroatoms. The highest BCUT2D eigenvalue weighted by atomic mass is 16.2. The Kier molecular flexibility index (Phi) is 7.54. The first-order valence-electron chi connectivity index (χ1n) is 6.20. The third-order valence-corrected chi connectivity index (χ3v) is 2.58. The molecule has 4 N–H and O–H groups in total. The SMILES string of the molecule is CCC(CN)C(=O)NC(C)C(=O)NCC(C)C. The Bertz CT molecular complexity index is 250. The largest absolute Gasteiger partial charge is 0.354 e. The molecule has 0 spiro atoms. The van der Waals surface area contributed by atoms with Gasteiger partial charge < -0.3 is 16.4 Å². The van der Waals surface area contributed by atoms with Crippen molar-refractivity contribution in [2.24, 2.45) is 17.6 Å². The molecule has 0 rings (SSSR count). The van der Waals surface area contributed by atoms with Crippen molar-refractivity contribution < 1.29 is 9.59 Å². The summed E-state index contributed by atoms with van der Waals surface area (Å²) in [4.78, 5) is 23.3. The van der Waals surface area contributed by atoms with E-state index >= 15 is 0 Å². The molecule has 0 aromatic rings. The van der Waals surface area contributed by atoms with E-state index in [2.05, 4.69) is 10.6 Å². The number of rotatable bonds is 7. The fourth-order valence-electron chi connectivity index (χ4n) is 1.31. The van der Waals surface area contributed by atoms with Crippen LogP contribution in [-0.2, 0) is 9.59 Å². The Balaban J connectivity index is 4.10. The minimum absolute atomic E-state index is 0.151. The number of hydrogen-bond donors (Lipinski definition) is 3. The fraction of sp³-hybridized carbons (Fsp3) is 0.833. The number of amides is 2. The maximum absolute atomic E-state index is 11.7. The number of carbonyl (C=O) groups is 2. The van der Waals surface area contributed by atoms with Gasteiger partial charge in [-0.15, -0.1) is 0 Å². The van der Waals surface area contributed by atoms with E-state index in [4.69, 9.17) is 5.73 Å². The summed E-state index contributed by atoms with van der Waals surface area (Å²) in [5.74, 6) is -0.120. The maximum atomic E-state index is 11.7. The van der Waals surface area contributed by atoms with E-state index < -0.39 is 6.04 Å². The molecule has 2 amide bonds. The molecule has 2 unspecified atom stereocenters. The average molecular weight is 243 g/mol. The van der Waals surface area contributed by atoms with Crippen molar-refractivity contribution >= 4 is 11.8 Å². The van der Waals surface area contributed by atoms with E-state index in [9.17, 15) is 9.59 Å². The first-order chi connectivity index (χ1) is 7.92. The molecule has 5 nitrogen and oxygen atoms in total. The first kappa shape index (κ1) is 15.9. The van der Waals surface area contributed by atoms with Crippen LogP contribution in [0.2, 0.25) is 0 Å². The monoisotopic (exact) mass is 243 g/mol. The van der Waals surface area contributed by atoms with E-state index in [0.29, 0.717) is 25.4 Å². The molecule has 2 atom stereocenters. The minimum Gasteiger partial charge on any atom is -0.354 e. The quantitative estimate of drug-likeness (QED) is 0.599. The minimum atomic E-state index is -0.512. The summed E-state index contributed by atoms with van der Waals surface area (Å²) < 4.78 is 0. The van der Waals surface area contributed by atoms with E-state index in [1.165, 1.54) is 0 Å². The molecular formula is C12H25N3O2. The van der Waals surface area contributed by atoms with Gasteiger partial charge in [0.1, 0.15) is 6.04 Å². The highest BCUT2D eigenvalue weighted by molar-refractivity contribution is 5.88. The summed E-state index contributed by atoms with van der Waals surface area (Å²) in [5, 5.41) is 5.45. The van der Waals surface area contributed by atoms with Crippen LogP contribution in [0.3, 0.4) is 0 Å². The first-order valence-corrected chi connectivity index (χ1v) is 6.20. The van der Waals surface area contributed by atoms with Crippen molar-refractivity contribution in [2.75, 3.05) is 13.1 Å². The van der Waals surface area contributed by atoms with Crippen LogP contribution in [0.4, 0.5) is 0 Å². The van der Waals surface area contributed by atoms with Crippen LogP contribution in [0.15, 0.2) is 0 Å². The Morgan fingerprint density at radius 1 is 1.18 bits per heavy atom. The normalized spacial score (nSPS) is 14.2. The predicted molar refractivity (Wildman–Crippen MR) is 68.3 cm³/mol. The Hall–Kier alpha value is -1.10. The molecule has 100 valence electrons. The summed E-state index contributed by atoms with van der Waals surface area (Å²) in [5.41, 5.74) is 5.47. The van der Waals surface area contributed by atoms with Crippen LogP contribution < -0.4 is 16.4 Å². The molecule has 17 heavy (non-hydrogen) atoms. The Morgan fingerprint density at radius 2 is 1.76 bits per heavy atom. The van der Waals surface area contributed by atoms with Gasteiger partial charge in [-0.1, -0.05) is 20.8 Å². The highest BCUT2D eigenvalue weighted by Gasteiger charge is 2.20. The van der Waals surface area contributed by atoms with Crippen molar-refractivity contribution in [3.63, 3.8) is 0 Å². The fourth-order valence-corrected chi connectivity index (χ4v) is 1.31. The van der Waals surface area contributed by atoms with E-state index in [1.807, 2.05) is 20.8 Å². The molecule has 0 saturated carbocycles. The molecule has 0 radical (unpaired) electrons. The van der Waals surface area contributed by atoms with E-state index in [1.54, 1.807) is 6.92 Å². The van der Waals surface area contributed by atoms with Gasteiger partial charge in [0.05, 0.1) is 0 Å². The molecule has 0 aliphatic rings. The third kappa shape index (κ3) is 6.26. The second-order valence-electron chi connectivity index (χ2n) is 4.71. The van der Waals surface area contributed by atoms with Gasteiger partial charge in [0, 0.05) is 19.0 Å². The number of carbonyl (C=O) groups excluding carboxylic acids is 2. The summed E-state index contributed by atoms with van der Waals surface area (Å²) in [6.45, 7) is 8.54. The zero-order valence-corrected chi connectivity index (χ0v) is 11.2. The molecule has 0 aliphatic heterocycles. The lowest BCUT2D eigenvalue weighted by molar-refractivity contribution is -0.130. The number of hydrogen-bond acceptors (Lipinski definition) is 3. The number of nitrogens with one attached hydrogen (secondary N) is 2. The highest BCUT2D eigenvalue weighted by Crippen LogP contribution is 2.00. The zero-order chi connectivity index (χ0) is 13.4. The van der Waals surface area contributed by atoms with Gasteiger partial charge in [-0.3, -0.25) is 9.59 Å². The topological polar surface area (TPSA) is 84.2 Å². The van der Waals surface area contributed by atoms with Crippen LogP contribution in [0.25, 0.3) is 0 Å². The van der Waals surface area contributed by atoms with Crippen molar-refractivity contribution in [2.45, 2.75) is 40.2 Å². The van der Waals surface area contributed by atoms with Gasteiger partial charge in [-0.2, -0.15) is 0 Å². The lowest BCUT2D eigenvalue weighted by atomic mass is 10.1. The van der Waals surface area contributed by atoms with Gasteiger partial charge in [0.25, 0.3) is 0 Å². The molecule has 0 saturated heterocycles. The molecular weight excluding hydrogens is 218 g/mol. The maximum Gasteiger partial charge on any atom is 0.242 e. The van der Waals surface area contributed by atoms with Crippen molar-refractivity contribution in [1.29, 1.82) is 0 Å². The van der Waals surface area contributed by atoms with Crippen LogP contribution in [0.5, 0.6) is 0 Å². The van der Waals surface area contributed by atoms with Gasteiger partial charge in [-0.05, 0) is 19.3 Å². The van der Waals surface area contributed by atoms with E-state index in [0.717, 1.165) is 0 Å².